The van der Waals surface area contributed by atoms with Crippen LogP contribution in [-0.4, -0.2) is 31.7 Å². The summed E-state index contributed by atoms with van der Waals surface area (Å²) in [5.74, 6) is 0.117. The second-order valence-corrected chi connectivity index (χ2v) is 5.02. The molecule has 0 radical (unpaired) electrons. The lowest BCUT2D eigenvalue weighted by molar-refractivity contribution is -0.133. The third-order valence-electron chi connectivity index (χ3n) is 3.68. The molecule has 0 aromatic heterocycles. The molecule has 17 heavy (non-hydrogen) atoms. The fourth-order valence-electron chi connectivity index (χ4n) is 2.52. The zero-order valence-electron chi connectivity index (χ0n) is 11.1. The first-order valence-corrected chi connectivity index (χ1v) is 6.74. The third kappa shape index (κ3) is 3.96. The zero-order chi connectivity index (χ0) is 12.7. The summed E-state index contributed by atoms with van der Waals surface area (Å²) in [6, 6.07) is 0. The Kier molecular flexibility index (Phi) is 5.92. The number of carbonyl (C=O) groups excluding carboxylic acids is 1. The highest BCUT2D eigenvalue weighted by Gasteiger charge is 2.37. The third-order valence-corrected chi connectivity index (χ3v) is 3.68. The molecule has 1 aliphatic rings. The average molecular weight is 242 g/mol. The minimum absolute atomic E-state index is 0.0716. The van der Waals surface area contributed by atoms with Crippen molar-refractivity contribution in [1.29, 1.82) is 0 Å². The molecule has 3 N–H and O–H groups in total. The molecule has 1 amide bonds. The highest BCUT2D eigenvalue weighted by Crippen LogP contribution is 2.35. The monoisotopic (exact) mass is 242 g/mol. The fourth-order valence-corrected chi connectivity index (χ4v) is 2.52. The molecule has 0 bridgehead atoms. The van der Waals surface area contributed by atoms with E-state index in [1.165, 1.54) is 6.42 Å². The zero-order valence-corrected chi connectivity index (χ0v) is 11.1. The summed E-state index contributed by atoms with van der Waals surface area (Å²) < 4.78 is 5.40. The first-order valence-electron chi connectivity index (χ1n) is 6.74. The van der Waals surface area contributed by atoms with E-state index in [0.717, 1.165) is 25.7 Å². The standard InChI is InChI=1S/C13H26N2O2/c1-3-17-11(2)9-15-12(16)13(10-14)7-5-4-6-8-13/h11H,3-10,14H2,1-2H3,(H,15,16). The van der Waals surface area contributed by atoms with Crippen LogP contribution in [0.1, 0.15) is 46.0 Å². The molecule has 1 fully saturated rings. The van der Waals surface area contributed by atoms with Gasteiger partial charge in [-0.1, -0.05) is 19.3 Å². The summed E-state index contributed by atoms with van der Waals surface area (Å²) in [7, 11) is 0. The van der Waals surface area contributed by atoms with Crippen molar-refractivity contribution in [3.8, 4) is 0 Å². The smallest absolute Gasteiger partial charge is 0.227 e. The van der Waals surface area contributed by atoms with Gasteiger partial charge in [0, 0.05) is 19.7 Å². The summed E-state index contributed by atoms with van der Waals surface area (Å²) >= 11 is 0. The minimum atomic E-state index is -0.315. The van der Waals surface area contributed by atoms with E-state index in [0.29, 0.717) is 19.7 Å². The topological polar surface area (TPSA) is 64.3 Å². The van der Waals surface area contributed by atoms with E-state index < -0.39 is 0 Å². The number of carbonyl (C=O) groups is 1. The summed E-state index contributed by atoms with van der Waals surface area (Å²) in [6.07, 6.45) is 5.39. The summed E-state index contributed by atoms with van der Waals surface area (Å²) in [5, 5.41) is 2.98. The molecule has 100 valence electrons. The van der Waals surface area contributed by atoms with Crippen LogP contribution in [0.3, 0.4) is 0 Å². The summed E-state index contributed by atoms with van der Waals surface area (Å²) in [6.45, 7) is 5.65. The van der Waals surface area contributed by atoms with Gasteiger partial charge in [0.05, 0.1) is 11.5 Å². The highest BCUT2D eigenvalue weighted by atomic mass is 16.5. The van der Waals surface area contributed by atoms with E-state index in [1.54, 1.807) is 0 Å². The van der Waals surface area contributed by atoms with Crippen molar-refractivity contribution in [2.24, 2.45) is 11.1 Å². The maximum Gasteiger partial charge on any atom is 0.227 e. The van der Waals surface area contributed by atoms with Crippen molar-refractivity contribution >= 4 is 5.91 Å². The summed E-state index contributed by atoms with van der Waals surface area (Å²) in [5.41, 5.74) is 5.50. The van der Waals surface area contributed by atoms with Gasteiger partial charge in [0.2, 0.25) is 5.91 Å². The Hall–Kier alpha value is -0.610. The van der Waals surface area contributed by atoms with Gasteiger partial charge < -0.3 is 15.8 Å². The molecule has 1 aliphatic carbocycles. The Morgan fingerprint density at radius 2 is 2.06 bits per heavy atom. The van der Waals surface area contributed by atoms with Gasteiger partial charge in [-0.05, 0) is 26.7 Å². The van der Waals surface area contributed by atoms with Gasteiger partial charge in [-0.25, -0.2) is 0 Å². The van der Waals surface area contributed by atoms with Crippen LogP contribution in [-0.2, 0) is 9.53 Å². The number of nitrogens with one attached hydrogen (secondary N) is 1. The lowest BCUT2D eigenvalue weighted by atomic mass is 9.73. The van der Waals surface area contributed by atoms with Crippen LogP contribution >= 0.6 is 0 Å². The van der Waals surface area contributed by atoms with E-state index in [-0.39, 0.29) is 17.4 Å². The van der Waals surface area contributed by atoms with E-state index >= 15 is 0 Å². The Labute approximate surface area is 104 Å². The second kappa shape index (κ2) is 6.97. The number of ether oxygens (including phenoxy) is 1. The van der Waals surface area contributed by atoms with Crippen LogP contribution in [0.5, 0.6) is 0 Å². The van der Waals surface area contributed by atoms with Crippen molar-refractivity contribution < 1.29 is 9.53 Å². The Bertz CT molecular complexity index is 238. The van der Waals surface area contributed by atoms with Gasteiger partial charge in [0.25, 0.3) is 0 Å². The number of hydrogen-bond donors (Lipinski definition) is 2. The van der Waals surface area contributed by atoms with Crippen LogP contribution in [0.25, 0.3) is 0 Å². The molecular formula is C13H26N2O2. The molecule has 0 saturated heterocycles. The fraction of sp³-hybridized carbons (Fsp3) is 0.923. The van der Waals surface area contributed by atoms with Gasteiger partial charge in [-0.15, -0.1) is 0 Å². The molecule has 1 rings (SSSR count). The van der Waals surface area contributed by atoms with Crippen molar-refractivity contribution in [2.45, 2.75) is 52.1 Å². The first kappa shape index (κ1) is 14.5. The Morgan fingerprint density at radius 1 is 1.41 bits per heavy atom. The maximum atomic E-state index is 12.2. The molecule has 0 aromatic carbocycles. The van der Waals surface area contributed by atoms with Gasteiger partial charge in [-0.3, -0.25) is 4.79 Å². The SMILES string of the molecule is CCOC(C)CNC(=O)C1(CN)CCCCC1. The van der Waals surface area contributed by atoms with Crippen LogP contribution in [0.2, 0.25) is 0 Å². The quantitative estimate of drug-likeness (QED) is 0.740. The number of rotatable bonds is 6. The number of nitrogens with two attached hydrogens (primary N) is 1. The molecule has 4 heteroatoms. The van der Waals surface area contributed by atoms with E-state index in [4.69, 9.17) is 10.5 Å². The predicted octanol–water partition coefficient (Wildman–Crippen LogP) is 1.44. The molecule has 0 aliphatic heterocycles. The van der Waals surface area contributed by atoms with E-state index in [1.807, 2.05) is 13.8 Å². The van der Waals surface area contributed by atoms with Gasteiger partial charge >= 0.3 is 0 Å². The lowest BCUT2D eigenvalue weighted by Gasteiger charge is -2.34. The lowest BCUT2D eigenvalue weighted by Crippen LogP contribution is -2.48. The van der Waals surface area contributed by atoms with Crippen LogP contribution < -0.4 is 11.1 Å². The summed E-state index contributed by atoms with van der Waals surface area (Å²) in [4.78, 5) is 12.2. The number of amides is 1. The van der Waals surface area contributed by atoms with E-state index in [2.05, 4.69) is 5.32 Å². The Balaban J connectivity index is 2.43. The maximum absolute atomic E-state index is 12.2. The van der Waals surface area contributed by atoms with Crippen LogP contribution in [0.4, 0.5) is 0 Å². The number of hydrogen-bond acceptors (Lipinski definition) is 3. The first-order chi connectivity index (χ1) is 8.14. The largest absolute Gasteiger partial charge is 0.377 e. The van der Waals surface area contributed by atoms with E-state index in [9.17, 15) is 4.79 Å². The normalized spacial score (nSPS) is 20.9. The minimum Gasteiger partial charge on any atom is -0.377 e. The highest BCUT2D eigenvalue weighted by molar-refractivity contribution is 5.83. The van der Waals surface area contributed by atoms with Crippen LogP contribution in [0, 0.1) is 5.41 Å². The van der Waals surface area contributed by atoms with Gasteiger partial charge in [0.15, 0.2) is 0 Å². The molecule has 1 saturated carbocycles. The second-order valence-electron chi connectivity index (χ2n) is 5.02. The molecule has 4 nitrogen and oxygen atoms in total. The Morgan fingerprint density at radius 3 is 2.59 bits per heavy atom. The molecule has 1 unspecified atom stereocenters. The molecule has 0 aromatic rings. The van der Waals surface area contributed by atoms with Crippen molar-refractivity contribution in [2.75, 3.05) is 19.7 Å². The van der Waals surface area contributed by atoms with Gasteiger partial charge in [-0.2, -0.15) is 0 Å². The molecule has 0 heterocycles. The molecule has 0 spiro atoms. The molecule has 1 atom stereocenters. The predicted molar refractivity (Wildman–Crippen MR) is 68.7 cm³/mol. The van der Waals surface area contributed by atoms with Crippen LogP contribution in [0.15, 0.2) is 0 Å². The van der Waals surface area contributed by atoms with Crippen molar-refractivity contribution in [3.05, 3.63) is 0 Å². The van der Waals surface area contributed by atoms with Gasteiger partial charge in [0.1, 0.15) is 0 Å². The molecular weight excluding hydrogens is 216 g/mol. The van der Waals surface area contributed by atoms with Crippen molar-refractivity contribution in [3.63, 3.8) is 0 Å². The van der Waals surface area contributed by atoms with Crippen molar-refractivity contribution in [1.82, 2.24) is 5.32 Å². The average Bonchev–Trinajstić information content (AvgIpc) is 2.37.